The number of hydrogen-bond donors (Lipinski definition) is 0. The SMILES string of the molecule is c1ccc2c(c1)c1[n+](c3ccccc23)CCN1c1ccc2ncsc2c1. The minimum absolute atomic E-state index is 0.988. The third-order valence-electron chi connectivity index (χ3n) is 5.34. The van der Waals surface area contributed by atoms with Gasteiger partial charge in [0.15, 0.2) is 0 Å². The lowest BCUT2D eigenvalue weighted by molar-refractivity contribution is -0.643. The third kappa shape index (κ3) is 1.88. The van der Waals surface area contributed by atoms with Crippen molar-refractivity contribution in [3.05, 3.63) is 72.2 Å². The van der Waals surface area contributed by atoms with Gasteiger partial charge in [-0.1, -0.05) is 36.4 Å². The zero-order valence-corrected chi connectivity index (χ0v) is 14.9. The molecular formula is C22H16N3S+. The molecule has 3 aromatic carbocycles. The largest absolute Gasteiger partial charge is 0.290 e. The third-order valence-corrected chi connectivity index (χ3v) is 6.13. The fourth-order valence-corrected chi connectivity index (χ4v) is 4.91. The van der Waals surface area contributed by atoms with Crippen molar-refractivity contribution >= 4 is 54.7 Å². The maximum atomic E-state index is 4.42. The van der Waals surface area contributed by atoms with Crippen molar-refractivity contribution in [2.75, 3.05) is 11.4 Å². The van der Waals surface area contributed by atoms with Crippen LogP contribution in [0.25, 0.3) is 31.9 Å². The molecule has 5 aromatic rings. The zero-order chi connectivity index (χ0) is 17.1. The monoisotopic (exact) mass is 354 g/mol. The van der Waals surface area contributed by atoms with Crippen LogP contribution in [0.2, 0.25) is 0 Å². The molecule has 0 amide bonds. The number of pyridine rings is 1. The molecule has 0 saturated carbocycles. The second kappa shape index (κ2) is 5.26. The molecule has 2 aromatic heterocycles. The van der Waals surface area contributed by atoms with Gasteiger partial charge >= 0.3 is 0 Å². The number of thiazole rings is 1. The Kier molecular flexibility index (Phi) is 2.87. The molecule has 0 bridgehead atoms. The second-order valence-corrected chi connectivity index (χ2v) is 7.58. The van der Waals surface area contributed by atoms with E-state index < -0.39 is 0 Å². The van der Waals surface area contributed by atoms with Crippen molar-refractivity contribution in [3.8, 4) is 0 Å². The summed E-state index contributed by atoms with van der Waals surface area (Å²) < 4.78 is 3.71. The van der Waals surface area contributed by atoms with Crippen LogP contribution in [-0.4, -0.2) is 11.5 Å². The quantitative estimate of drug-likeness (QED) is 0.310. The number of benzene rings is 3. The molecule has 0 N–H and O–H groups in total. The van der Waals surface area contributed by atoms with Gasteiger partial charge in [-0.3, -0.25) is 0 Å². The van der Waals surface area contributed by atoms with Gasteiger partial charge in [0.2, 0.25) is 0 Å². The first-order valence-electron chi connectivity index (χ1n) is 8.84. The highest BCUT2D eigenvalue weighted by Crippen LogP contribution is 2.37. The van der Waals surface area contributed by atoms with Crippen molar-refractivity contribution in [3.63, 3.8) is 0 Å². The van der Waals surface area contributed by atoms with Crippen molar-refractivity contribution in [1.29, 1.82) is 0 Å². The minimum atomic E-state index is 0.988. The number of nitrogens with zero attached hydrogens (tertiary/aromatic N) is 3. The Bertz CT molecular complexity index is 1310. The molecule has 1 aliphatic rings. The number of para-hydroxylation sites is 1. The van der Waals surface area contributed by atoms with Crippen LogP contribution in [0, 0.1) is 0 Å². The maximum Gasteiger partial charge on any atom is 0.290 e. The van der Waals surface area contributed by atoms with E-state index in [1.54, 1.807) is 11.3 Å². The first kappa shape index (κ1) is 14.2. The summed E-state index contributed by atoms with van der Waals surface area (Å²) in [5, 5.41) is 3.96. The maximum absolute atomic E-state index is 4.42. The van der Waals surface area contributed by atoms with Gasteiger partial charge in [0, 0.05) is 16.8 Å². The van der Waals surface area contributed by atoms with E-state index in [0.29, 0.717) is 0 Å². The van der Waals surface area contributed by atoms with E-state index in [-0.39, 0.29) is 0 Å². The predicted octanol–water partition coefficient (Wildman–Crippen LogP) is 5.04. The van der Waals surface area contributed by atoms with E-state index in [2.05, 4.69) is 81.2 Å². The summed E-state index contributed by atoms with van der Waals surface area (Å²) in [6.45, 7) is 1.99. The van der Waals surface area contributed by atoms with Gasteiger partial charge in [0.1, 0.15) is 24.3 Å². The summed E-state index contributed by atoms with van der Waals surface area (Å²) >= 11 is 1.70. The lowest BCUT2D eigenvalue weighted by Crippen LogP contribution is -2.32. The van der Waals surface area contributed by atoms with Gasteiger partial charge in [-0.05, 0) is 24.3 Å². The number of anilines is 2. The number of rotatable bonds is 1. The molecule has 1 aliphatic heterocycles. The summed E-state index contributed by atoms with van der Waals surface area (Å²) in [6.07, 6.45) is 0. The molecule has 6 rings (SSSR count). The molecule has 26 heavy (non-hydrogen) atoms. The molecule has 124 valence electrons. The minimum Gasteiger partial charge on any atom is -0.245 e. The molecule has 0 unspecified atom stereocenters. The summed E-state index contributed by atoms with van der Waals surface area (Å²) in [7, 11) is 0. The van der Waals surface area contributed by atoms with Crippen LogP contribution in [-0.2, 0) is 6.54 Å². The van der Waals surface area contributed by atoms with Crippen LogP contribution in [0.5, 0.6) is 0 Å². The highest BCUT2D eigenvalue weighted by Gasteiger charge is 2.33. The van der Waals surface area contributed by atoms with E-state index in [4.69, 9.17) is 0 Å². The Hall–Kier alpha value is -2.98. The second-order valence-electron chi connectivity index (χ2n) is 6.69. The Morgan fingerprint density at radius 2 is 1.69 bits per heavy atom. The van der Waals surface area contributed by atoms with Crippen LogP contribution in [0.15, 0.2) is 72.2 Å². The smallest absolute Gasteiger partial charge is 0.245 e. The van der Waals surface area contributed by atoms with Gasteiger partial charge in [0.05, 0.1) is 21.1 Å². The molecule has 3 nitrogen and oxygen atoms in total. The Morgan fingerprint density at radius 3 is 2.62 bits per heavy atom. The Morgan fingerprint density at radius 1 is 0.885 bits per heavy atom. The average Bonchev–Trinajstić information content (AvgIpc) is 3.35. The van der Waals surface area contributed by atoms with Crippen molar-refractivity contribution in [2.45, 2.75) is 6.54 Å². The molecule has 0 aliphatic carbocycles. The Labute approximate surface area is 154 Å². The fourth-order valence-electron chi connectivity index (χ4n) is 4.20. The number of hydrogen-bond acceptors (Lipinski definition) is 3. The van der Waals surface area contributed by atoms with Gasteiger partial charge in [-0.15, -0.1) is 11.3 Å². The van der Waals surface area contributed by atoms with E-state index in [1.807, 2.05) is 5.51 Å². The molecule has 0 atom stereocenters. The molecule has 4 heteroatoms. The highest BCUT2D eigenvalue weighted by molar-refractivity contribution is 7.16. The van der Waals surface area contributed by atoms with Gasteiger partial charge < -0.3 is 0 Å². The first-order chi connectivity index (χ1) is 12.9. The van der Waals surface area contributed by atoms with Crippen molar-refractivity contribution < 1.29 is 4.57 Å². The lowest BCUT2D eigenvalue weighted by Gasteiger charge is -2.13. The predicted molar refractivity (Wildman–Crippen MR) is 108 cm³/mol. The highest BCUT2D eigenvalue weighted by atomic mass is 32.1. The average molecular weight is 354 g/mol. The summed E-state index contributed by atoms with van der Waals surface area (Å²) in [4.78, 5) is 6.87. The number of fused-ring (bicyclic) bond motifs is 7. The summed E-state index contributed by atoms with van der Waals surface area (Å²) in [5.41, 5.74) is 5.55. The van der Waals surface area contributed by atoms with E-state index in [9.17, 15) is 0 Å². The van der Waals surface area contributed by atoms with Crippen LogP contribution >= 0.6 is 11.3 Å². The normalized spacial score (nSPS) is 13.8. The Balaban J connectivity index is 1.68. The van der Waals surface area contributed by atoms with Crippen LogP contribution in [0.4, 0.5) is 11.5 Å². The first-order valence-corrected chi connectivity index (χ1v) is 9.72. The van der Waals surface area contributed by atoms with Gasteiger partial charge in [-0.25, -0.2) is 14.5 Å². The molecule has 0 radical (unpaired) electrons. The molecule has 3 heterocycles. The van der Waals surface area contributed by atoms with Crippen LogP contribution < -0.4 is 9.47 Å². The topological polar surface area (TPSA) is 20.0 Å². The molecule has 0 spiro atoms. The van der Waals surface area contributed by atoms with Crippen LogP contribution in [0.1, 0.15) is 0 Å². The molecule has 0 saturated heterocycles. The zero-order valence-electron chi connectivity index (χ0n) is 14.1. The molecular weight excluding hydrogens is 338 g/mol. The summed E-state index contributed by atoms with van der Waals surface area (Å²) in [5.74, 6) is 1.29. The van der Waals surface area contributed by atoms with E-state index in [0.717, 1.165) is 18.6 Å². The van der Waals surface area contributed by atoms with Gasteiger partial charge in [0.25, 0.3) is 5.82 Å². The lowest BCUT2D eigenvalue weighted by atomic mass is 10.1. The van der Waals surface area contributed by atoms with E-state index in [1.165, 1.54) is 37.9 Å². The van der Waals surface area contributed by atoms with Crippen LogP contribution in [0.3, 0.4) is 0 Å². The summed E-state index contributed by atoms with van der Waals surface area (Å²) in [6, 6.07) is 24.1. The van der Waals surface area contributed by atoms with Crippen molar-refractivity contribution in [1.82, 2.24) is 4.98 Å². The van der Waals surface area contributed by atoms with Crippen molar-refractivity contribution in [2.24, 2.45) is 0 Å². The van der Waals surface area contributed by atoms with Gasteiger partial charge in [-0.2, -0.15) is 0 Å². The fraction of sp³-hybridized carbons (Fsp3) is 0.0909. The number of aromatic nitrogens is 2. The standard InChI is InChI=1S/C22H16N3S/c1-2-7-18-16(5-1)17-6-3-4-8-20(17)25-12-11-24(22(18)25)15-9-10-19-21(13-15)26-14-23-19/h1-10,13-14H,11-12H2/q+1. The molecule has 0 fully saturated rings. The van der Waals surface area contributed by atoms with E-state index >= 15 is 0 Å².